The third kappa shape index (κ3) is 2.63. The van der Waals surface area contributed by atoms with Crippen LogP contribution in [0.4, 0.5) is 0 Å². The number of rotatable bonds is 4. The van der Waals surface area contributed by atoms with Crippen molar-refractivity contribution < 1.29 is 9.90 Å². The molecule has 3 rings (SSSR count). The molecule has 1 aromatic carbocycles. The average Bonchev–Trinajstić information content (AvgIpc) is 2.89. The molecule has 5 nitrogen and oxygen atoms in total. The second-order valence-corrected chi connectivity index (χ2v) is 4.89. The van der Waals surface area contributed by atoms with Crippen molar-refractivity contribution in [3.8, 4) is 11.1 Å². The largest absolute Gasteiger partial charge is 0.481 e. The van der Waals surface area contributed by atoms with Gasteiger partial charge in [-0.25, -0.2) is 9.97 Å². The average molecular weight is 281 g/mol. The third-order valence-electron chi connectivity index (χ3n) is 3.46. The van der Waals surface area contributed by atoms with E-state index in [2.05, 4.69) is 15.0 Å². The van der Waals surface area contributed by atoms with Crippen molar-refractivity contribution in [3.63, 3.8) is 0 Å². The molecule has 2 aromatic heterocycles. The number of nitrogens with one attached hydrogen (secondary N) is 1. The molecule has 0 bridgehead atoms. The van der Waals surface area contributed by atoms with Gasteiger partial charge in [0.25, 0.3) is 0 Å². The van der Waals surface area contributed by atoms with E-state index >= 15 is 0 Å². The molecule has 3 aromatic rings. The lowest BCUT2D eigenvalue weighted by atomic mass is 10.0. The second kappa shape index (κ2) is 5.36. The van der Waals surface area contributed by atoms with Crippen LogP contribution in [-0.2, 0) is 17.6 Å². The Hall–Kier alpha value is -2.69. The Bertz CT molecular complexity index is 791. The van der Waals surface area contributed by atoms with Crippen LogP contribution in [0.2, 0.25) is 0 Å². The summed E-state index contributed by atoms with van der Waals surface area (Å²) in [6.07, 6.45) is 6.21. The van der Waals surface area contributed by atoms with Crippen LogP contribution in [0.15, 0.2) is 36.8 Å². The number of hydrogen-bond acceptors (Lipinski definition) is 3. The van der Waals surface area contributed by atoms with Crippen molar-refractivity contribution in [2.45, 2.75) is 19.8 Å². The van der Waals surface area contributed by atoms with Crippen LogP contribution in [-0.4, -0.2) is 26.0 Å². The fourth-order valence-electron chi connectivity index (χ4n) is 2.36. The molecule has 0 atom stereocenters. The van der Waals surface area contributed by atoms with E-state index in [1.165, 1.54) is 0 Å². The van der Waals surface area contributed by atoms with Crippen LogP contribution in [0.5, 0.6) is 0 Å². The molecule has 0 fully saturated rings. The van der Waals surface area contributed by atoms with Crippen molar-refractivity contribution in [2.75, 3.05) is 0 Å². The van der Waals surface area contributed by atoms with Gasteiger partial charge in [0.05, 0.1) is 6.42 Å². The molecule has 0 spiro atoms. The number of nitrogens with zero attached hydrogens (tertiary/aromatic N) is 2. The Balaban J connectivity index is 1.99. The van der Waals surface area contributed by atoms with Crippen molar-refractivity contribution in [1.29, 1.82) is 0 Å². The summed E-state index contributed by atoms with van der Waals surface area (Å²) < 4.78 is 0. The van der Waals surface area contributed by atoms with Crippen LogP contribution >= 0.6 is 0 Å². The van der Waals surface area contributed by atoms with Crippen LogP contribution in [0.3, 0.4) is 0 Å². The molecule has 0 aliphatic rings. The number of carboxylic acid groups (broad SMARTS) is 1. The van der Waals surface area contributed by atoms with Crippen LogP contribution < -0.4 is 0 Å². The van der Waals surface area contributed by atoms with E-state index < -0.39 is 5.97 Å². The fraction of sp³-hybridized carbons (Fsp3) is 0.188. The summed E-state index contributed by atoms with van der Waals surface area (Å²) in [5.41, 5.74) is 3.67. The Morgan fingerprint density at radius 3 is 2.67 bits per heavy atom. The molecule has 2 N–H and O–H groups in total. The fourth-order valence-corrected chi connectivity index (χ4v) is 2.36. The molecular formula is C16H15N3O2. The van der Waals surface area contributed by atoms with E-state index in [-0.39, 0.29) is 6.42 Å². The number of carbonyl (C=O) groups is 1. The molecule has 0 amide bonds. The monoisotopic (exact) mass is 281 g/mol. The molecule has 0 radical (unpaired) electrons. The van der Waals surface area contributed by atoms with Gasteiger partial charge in [0.15, 0.2) is 0 Å². The molecular weight excluding hydrogens is 266 g/mol. The lowest BCUT2D eigenvalue weighted by Crippen LogP contribution is -1.98. The molecule has 0 aliphatic carbocycles. The first kappa shape index (κ1) is 13.3. The molecule has 0 unspecified atom stereocenters. The summed E-state index contributed by atoms with van der Waals surface area (Å²) >= 11 is 0. The van der Waals surface area contributed by atoms with E-state index in [0.717, 1.165) is 39.8 Å². The number of aromatic amines is 1. The number of hydrogen-bond donors (Lipinski definition) is 2. The first-order valence-corrected chi connectivity index (χ1v) is 6.80. The lowest BCUT2D eigenvalue weighted by molar-refractivity contribution is -0.136. The van der Waals surface area contributed by atoms with E-state index in [1.807, 2.05) is 37.5 Å². The Kier molecular flexibility index (Phi) is 3.39. The van der Waals surface area contributed by atoms with Gasteiger partial charge >= 0.3 is 5.97 Å². The van der Waals surface area contributed by atoms with Gasteiger partial charge in [0.1, 0.15) is 5.82 Å². The summed E-state index contributed by atoms with van der Waals surface area (Å²) in [7, 11) is 0. The maximum Gasteiger partial charge on any atom is 0.307 e. The quantitative estimate of drug-likeness (QED) is 0.770. The summed E-state index contributed by atoms with van der Waals surface area (Å²) in [5, 5.41) is 9.83. The third-order valence-corrected chi connectivity index (χ3v) is 3.46. The highest BCUT2D eigenvalue weighted by Crippen LogP contribution is 2.25. The van der Waals surface area contributed by atoms with Crippen molar-refractivity contribution in [3.05, 3.63) is 48.2 Å². The van der Waals surface area contributed by atoms with Crippen LogP contribution in [0, 0.1) is 0 Å². The molecule has 21 heavy (non-hydrogen) atoms. The molecule has 5 heteroatoms. The number of H-pyrrole nitrogens is 1. The molecule has 0 aliphatic heterocycles. The van der Waals surface area contributed by atoms with E-state index in [0.29, 0.717) is 0 Å². The second-order valence-electron chi connectivity index (χ2n) is 4.89. The minimum atomic E-state index is -0.830. The predicted molar refractivity (Wildman–Crippen MR) is 80.0 cm³/mol. The van der Waals surface area contributed by atoms with Crippen molar-refractivity contribution in [2.24, 2.45) is 0 Å². The number of aryl methyl sites for hydroxylation is 1. The van der Waals surface area contributed by atoms with Gasteiger partial charge < -0.3 is 10.1 Å². The lowest BCUT2D eigenvalue weighted by Gasteiger charge is -2.03. The molecule has 0 saturated heterocycles. The summed E-state index contributed by atoms with van der Waals surface area (Å²) in [4.78, 5) is 22.5. The van der Waals surface area contributed by atoms with E-state index in [9.17, 15) is 4.79 Å². The number of benzene rings is 1. The van der Waals surface area contributed by atoms with Gasteiger partial charge in [0, 0.05) is 41.5 Å². The van der Waals surface area contributed by atoms with E-state index in [4.69, 9.17) is 5.11 Å². The number of carboxylic acids is 1. The van der Waals surface area contributed by atoms with Gasteiger partial charge in [-0.2, -0.15) is 0 Å². The maximum atomic E-state index is 10.8. The van der Waals surface area contributed by atoms with Crippen molar-refractivity contribution >= 4 is 16.9 Å². The summed E-state index contributed by atoms with van der Waals surface area (Å²) in [5.74, 6) is -0.00743. The Labute approximate surface area is 121 Å². The van der Waals surface area contributed by atoms with Gasteiger partial charge in [-0.1, -0.05) is 19.1 Å². The Morgan fingerprint density at radius 1 is 1.24 bits per heavy atom. The minimum absolute atomic E-state index is 0.0215. The minimum Gasteiger partial charge on any atom is -0.481 e. The summed E-state index contributed by atoms with van der Waals surface area (Å²) in [6.45, 7) is 2.02. The zero-order valence-corrected chi connectivity index (χ0v) is 11.6. The highest BCUT2D eigenvalue weighted by Gasteiger charge is 2.09. The first-order chi connectivity index (χ1) is 10.2. The van der Waals surface area contributed by atoms with Gasteiger partial charge in [-0.15, -0.1) is 0 Å². The predicted octanol–water partition coefficient (Wildman–Crippen LogP) is 2.81. The molecule has 106 valence electrons. The van der Waals surface area contributed by atoms with Crippen LogP contribution in [0.25, 0.3) is 22.0 Å². The number of fused-ring (bicyclic) bond motifs is 1. The number of aromatic nitrogens is 3. The highest BCUT2D eigenvalue weighted by atomic mass is 16.4. The van der Waals surface area contributed by atoms with Crippen molar-refractivity contribution in [1.82, 2.24) is 15.0 Å². The van der Waals surface area contributed by atoms with Gasteiger partial charge in [0.2, 0.25) is 0 Å². The van der Waals surface area contributed by atoms with E-state index in [1.54, 1.807) is 6.20 Å². The zero-order chi connectivity index (χ0) is 14.8. The van der Waals surface area contributed by atoms with Crippen LogP contribution in [0.1, 0.15) is 18.3 Å². The molecule has 0 saturated carbocycles. The number of aliphatic carboxylic acids is 1. The standard InChI is InChI=1S/C16H15N3O2/c1-2-15-18-8-12(9-19-15)10-3-4-13-11(6-16(20)21)7-17-14(13)5-10/h3-5,7-9,17H,2,6H2,1H3,(H,20,21). The molecule has 2 heterocycles. The van der Waals surface area contributed by atoms with Gasteiger partial charge in [-0.3, -0.25) is 4.79 Å². The summed E-state index contributed by atoms with van der Waals surface area (Å²) in [6, 6.07) is 5.89. The maximum absolute atomic E-state index is 10.8. The smallest absolute Gasteiger partial charge is 0.307 e. The SMILES string of the molecule is CCc1ncc(-c2ccc3c(CC(=O)O)c[nH]c3c2)cn1. The van der Waals surface area contributed by atoms with Gasteiger partial charge in [-0.05, 0) is 17.2 Å². The first-order valence-electron chi connectivity index (χ1n) is 6.80. The Morgan fingerprint density at radius 2 is 2.00 bits per heavy atom. The topological polar surface area (TPSA) is 78.9 Å². The zero-order valence-electron chi connectivity index (χ0n) is 11.6. The highest BCUT2D eigenvalue weighted by molar-refractivity contribution is 5.90. The normalized spacial score (nSPS) is 10.9.